The largest absolute Gasteiger partial charge is 0.447 e. The van der Waals surface area contributed by atoms with Crippen LogP contribution in [0.5, 0.6) is 0 Å². The molecule has 2 atom stereocenters. The van der Waals surface area contributed by atoms with Crippen molar-refractivity contribution in [2.45, 2.75) is 77.0 Å². The summed E-state index contributed by atoms with van der Waals surface area (Å²) in [5.74, 6) is 0. The van der Waals surface area contributed by atoms with E-state index in [1.807, 2.05) is 50.8 Å². The van der Waals surface area contributed by atoms with E-state index in [0.29, 0.717) is 5.69 Å². The number of anilines is 1. The van der Waals surface area contributed by atoms with Crippen molar-refractivity contribution in [3.05, 3.63) is 28.2 Å². The van der Waals surface area contributed by atoms with Crippen molar-refractivity contribution < 1.29 is 19.1 Å². The zero-order chi connectivity index (χ0) is 20.5. The third-order valence-electron chi connectivity index (χ3n) is 5.42. The van der Waals surface area contributed by atoms with Crippen LogP contribution >= 0.6 is 15.9 Å². The maximum Gasteiger partial charge on any atom is 0.411 e. The minimum Gasteiger partial charge on any atom is -0.447 e. The molecule has 2 aliphatic heterocycles. The lowest BCUT2D eigenvalue weighted by atomic mass is 9.89. The van der Waals surface area contributed by atoms with Gasteiger partial charge >= 0.3 is 12.2 Å². The monoisotopic (exact) mass is 452 g/mol. The molecule has 2 fully saturated rings. The fraction of sp³-hybridized carbons (Fsp3) is 0.619. The molecule has 0 unspecified atom stereocenters. The van der Waals surface area contributed by atoms with Gasteiger partial charge < -0.3 is 9.47 Å². The molecule has 2 heterocycles. The van der Waals surface area contributed by atoms with Gasteiger partial charge in [-0.3, -0.25) is 10.2 Å². The Bertz CT molecular complexity index is 757. The average molecular weight is 453 g/mol. The van der Waals surface area contributed by atoms with E-state index in [2.05, 4.69) is 21.2 Å². The molecule has 1 aromatic carbocycles. The predicted molar refractivity (Wildman–Crippen MR) is 112 cm³/mol. The number of ether oxygens (including phenoxy) is 2. The topological polar surface area (TPSA) is 67.9 Å². The molecule has 7 heteroatoms. The van der Waals surface area contributed by atoms with Gasteiger partial charge in [0.05, 0.1) is 11.2 Å². The number of hydrogen-bond acceptors (Lipinski definition) is 4. The number of carbonyl (C=O) groups is 2. The van der Waals surface area contributed by atoms with Crippen molar-refractivity contribution in [3.8, 4) is 0 Å². The second kappa shape index (κ2) is 7.93. The quantitative estimate of drug-likeness (QED) is 0.644. The van der Waals surface area contributed by atoms with E-state index in [9.17, 15) is 9.59 Å². The highest BCUT2D eigenvalue weighted by molar-refractivity contribution is 9.10. The summed E-state index contributed by atoms with van der Waals surface area (Å²) in [6.45, 7) is 7.74. The predicted octanol–water partition coefficient (Wildman–Crippen LogP) is 5.63. The van der Waals surface area contributed by atoms with Crippen LogP contribution < -0.4 is 5.32 Å². The number of halogens is 1. The highest BCUT2D eigenvalue weighted by Crippen LogP contribution is 2.45. The summed E-state index contributed by atoms with van der Waals surface area (Å²) < 4.78 is 12.0. The van der Waals surface area contributed by atoms with Gasteiger partial charge in [0.15, 0.2) is 0 Å². The van der Waals surface area contributed by atoms with E-state index in [1.165, 1.54) is 0 Å². The fourth-order valence-corrected chi connectivity index (χ4v) is 4.55. The molecule has 0 aromatic heterocycles. The first-order chi connectivity index (χ1) is 13.1. The molecule has 3 rings (SSSR count). The molecule has 2 bridgehead atoms. The van der Waals surface area contributed by atoms with E-state index < -0.39 is 17.2 Å². The molecule has 0 saturated carbocycles. The third-order valence-corrected chi connectivity index (χ3v) is 6.11. The van der Waals surface area contributed by atoms with Crippen LogP contribution in [0.25, 0.3) is 0 Å². The molecule has 0 aliphatic carbocycles. The fourth-order valence-electron chi connectivity index (χ4n) is 4.21. The molecule has 6 nitrogen and oxygen atoms in total. The molecule has 1 N–H and O–H groups in total. The first kappa shape index (κ1) is 21.0. The van der Waals surface area contributed by atoms with Crippen molar-refractivity contribution in [1.29, 1.82) is 0 Å². The van der Waals surface area contributed by atoms with E-state index in [0.717, 1.165) is 42.1 Å². The second-order valence-electron chi connectivity index (χ2n) is 8.84. The van der Waals surface area contributed by atoms with Crippen molar-refractivity contribution in [2.75, 3.05) is 11.9 Å². The standard InChI is InChI=1S/C21H29BrN2O4/c1-14-7-8-16(22)17(12-14)23-18(25)27-13-21-10-5-6-15(9-11-21)24(21)19(26)28-20(2,3)4/h7-8,12,15H,5-6,9-11,13H2,1-4H3,(H,23,25)/t15-,21+/m1/s1. The van der Waals surface area contributed by atoms with Crippen LogP contribution in [0, 0.1) is 6.92 Å². The number of fused-ring (bicyclic) bond motifs is 2. The molecule has 154 valence electrons. The minimum atomic E-state index is -0.551. The Balaban J connectivity index is 1.68. The molecule has 0 radical (unpaired) electrons. The molecular weight excluding hydrogens is 424 g/mol. The van der Waals surface area contributed by atoms with Crippen molar-refractivity contribution >= 4 is 33.8 Å². The van der Waals surface area contributed by atoms with Crippen molar-refractivity contribution in [3.63, 3.8) is 0 Å². The van der Waals surface area contributed by atoms with Crippen LogP contribution in [0.1, 0.15) is 58.4 Å². The lowest BCUT2D eigenvalue weighted by molar-refractivity contribution is -0.0313. The number of carbonyl (C=O) groups excluding carboxylic acids is 2. The van der Waals surface area contributed by atoms with Crippen molar-refractivity contribution in [1.82, 2.24) is 4.90 Å². The van der Waals surface area contributed by atoms with E-state index in [1.54, 1.807) is 0 Å². The SMILES string of the molecule is Cc1ccc(Br)c(NC(=O)OC[C@]23CCC[C@H](CC2)N3C(=O)OC(C)(C)C)c1. The van der Waals surface area contributed by atoms with Gasteiger partial charge in [-0.2, -0.15) is 0 Å². The van der Waals surface area contributed by atoms with Crippen LogP contribution in [-0.4, -0.2) is 40.9 Å². The highest BCUT2D eigenvalue weighted by Gasteiger charge is 2.53. The molecule has 2 amide bonds. The smallest absolute Gasteiger partial charge is 0.411 e. The van der Waals surface area contributed by atoms with Crippen LogP contribution in [0.15, 0.2) is 22.7 Å². The Morgan fingerprint density at radius 3 is 2.75 bits per heavy atom. The number of piperidine rings is 1. The van der Waals surface area contributed by atoms with Gasteiger partial charge in [0.2, 0.25) is 0 Å². The van der Waals surface area contributed by atoms with Crippen LogP contribution in [0.3, 0.4) is 0 Å². The van der Waals surface area contributed by atoms with Gasteiger partial charge in [0.25, 0.3) is 0 Å². The van der Waals surface area contributed by atoms with Crippen LogP contribution in [0.4, 0.5) is 15.3 Å². The summed E-state index contributed by atoms with van der Waals surface area (Å²) in [5, 5.41) is 2.79. The highest BCUT2D eigenvalue weighted by atomic mass is 79.9. The van der Waals surface area contributed by atoms with Crippen molar-refractivity contribution in [2.24, 2.45) is 0 Å². The maximum atomic E-state index is 12.8. The number of benzene rings is 1. The Kier molecular flexibility index (Phi) is 5.94. The summed E-state index contributed by atoms with van der Waals surface area (Å²) >= 11 is 3.43. The number of nitrogens with one attached hydrogen (secondary N) is 1. The number of aryl methyl sites for hydroxylation is 1. The summed E-state index contributed by atoms with van der Waals surface area (Å²) in [5.41, 5.74) is 0.690. The van der Waals surface area contributed by atoms with E-state index in [4.69, 9.17) is 9.47 Å². The molecule has 28 heavy (non-hydrogen) atoms. The van der Waals surface area contributed by atoms with E-state index >= 15 is 0 Å². The van der Waals surface area contributed by atoms with E-state index in [-0.39, 0.29) is 18.7 Å². The first-order valence-corrected chi connectivity index (χ1v) is 10.6. The molecule has 0 spiro atoms. The Morgan fingerprint density at radius 1 is 1.29 bits per heavy atom. The molecule has 2 saturated heterocycles. The summed E-state index contributed by atoms with van der Waals surface area (Å²) in [4.78, 5) is 27.1. The van der Waals surface area contributed by atoms with Crippen LogP contribution in [-0.2, 0) is 9.47 Å². The maximum absolute atomic E-state index is 12.8. The van der Waals surface area contributed by atoms with Gasteiger partial charge in [-0.15, -0.1) is 0 Å². The van der Waals surface area contributed by atoms with Gasteiger partial charge in [0, 0.05) is 10.5 Å². The third kappa shape index (κ3) is 4.62. The molecule has 2 aliphatic rings. The zero-order valence-electron chi connectivity index (χ0n) is 17.0. The number of hydrogen-bond donors (Lipinski definition) is 1. The number of rotatable bonds is 3. The lowest BCUT2D eigenvalue weighted by Crippen LogP contribution is -2.57. The lowest BCUT2D eigenvalue weighted by Gasteiger charge is -2.44. The van der Waals surface area contributed by atoms with Gasteiger partial charge in [0.1, 0.15) is 12.2 Å². The summed E-state index contributed by atoms with van der Waals surface area (Å²) in [6.07, 6.45) is 3.76. The number of amides is 2. The average Bonchev–Trinajstić information content (AvgIpc) is 2.82. The molecule has 1 aromatic rings. The normalized spacial score (nSPS) is 24.0. The van der Waals surface area contributed by atoms with Gasteiger partial charge in [-0.1, -0.05) is 6.07 Å². The Hall–Kier alpha value is -1.76. The summed E-state index contributed by atoms with van der Waals surface area (Å²) in [7, 11) is 0. The Labute approximate surface area is 175 Å². The minimum absolute atomic E-state index is 0.168. The number of nitrogens with zero attached hydrogens (tertiary/aromatic N) is 1. The Morgan fingerprint density at radius 2 is 2.04 bits per heavy atom. The van der Waals surface area contributed by atoms with Crippen LogP contribution in [0.2, 0.25) is 0 Å². The summed E-state index contributed by atoms with van der Waals surface area (Å²) in [6, 6.07) is 5.89. The molecular formula is C21H29BrN2O4. The van der Waals surface area contributed by atoms with Gasteiger partial charge in [-0.25, -0.2) is 9.59 Å². The second-order valence-corrected chi connectivity index (χ2v) is 9.70. The first-order valence-electron chi connectivity index (χ1n) is 9.82. The zero-order valence-corrected chi connectivity index (χ0v) is 18.6. The van der Waals surface area contributed by atoms with Gasteiger partial charge in [-0.05, 0) is 93.4 Å².